The van der Waals surface area contributed by atoms with Crippen LogP contribution in [0.3, 0.4) is 0 Å². The van der Waals surface area contributed by atoms with E-state index >= 15 is 0 Å². The van der Waals surface area contributed by atoms with Crippen LogP contribution in [-0.2, 0) is 4.74 Å². The highest BCUT2D eigenvalue weighted by Gasteiger charge is 2.21. The Kier molecular flexibility index (Phi) is 11.4. The molecule has 0 aliphatic carbocycles. The Morgan fingerprint density at radius 3 is 2.67 bits per heavy atom. The quantitative estimate of drug-likeness (QED) is 0.521. The van der Waals surface area contributed by atoms with Crippen molar-refractivity contribution in [3.63, 3.8) is 0 Å². The lowest BCUT2D eigenvalue weighted by Crippen LogP contribution is -2.44. The van der Waals surface area contributed by atoms with E-state index in [-0.39, 0.29) is 6.15 Å². The van der Waals surface area contributed by atoms with E-state index in [1.54, 1.807) is 6.20 Å². The molecule has 0 bridgehead atoms. The Labute approximate surface area is 201 Å². The molecule has 2 saturated heterocycles. The summed E-state index contributed by atoms with van der Waals surface area (Å²) in [7, 11) is 0. The van der Waals surface area contributed by atoms with Crippen molar-refractivity contribution in [2.75, 3.05) is 42.8 Å². The number of pyridine rings is 1. The van der Waals surface area contributed by atoms with Gasteiger partial charge in [0.15, 0.2) is 5.82 Å². The maximum atomic E-state index is 5.60. The van der Waals surface area contributed by atoms with E-state index in [1.165, 1.54) is 24.3 Å². The number of ether oxygens (including phenoxy) is 2. The number of nitrogens with zero attached hydrogens (tertiary/aromatic N) is 4. The molecule has 3 aromatic heterocycles. The van der Waals surface area contributed by atoms with Crippen molar-refractivity contribution >= 4 is 28.6 Å². The van der Waals surface area contributed by atoms with Gasteiger partial charge in [-0.2, -0.15) is 16.7 Å². The lowest BCUT2D eigenvalue weighted by atomic mass is 10.1. The molecule has 5 rings (SSSR count). The van der Waals surface area contributed by atoms with Crippen LogP contribution >= 0.6 is 11.8 Å². The van der Waals surface area contributed by atoms with Gasteiger partial charge in [0.25, 0.3) is 0 Å². The minimum atomic E-state index is 0. The van der Waals surface area contributed by atoms with E-state index in [2.05, 4.69) is 38.5 Å². The van der Waals surface area contributed by atoms with Crippen molar-refractivity contribution in [1.29, 1.82) is 0 Å². The SMILES string of the molecule is C1CCSC1.CC.CCOc1cc(-c2nccc(N3CCOCC3C)n2)c2cc[nH]c2n1.N. The molecule has 2 aliphatic heterocycles. The van der Waals surface area contributed by atoms with Gasteiger partial charge in [-0.05, 0) is 50.3 Å². The van der Waals surface area contributed by atoms with E-state index in [1.807, 2.05) is 45.2 Å². The summed E-state index contributed by atoms with van der Waals surface area (Å²) in [6, 6.07) is 6.13. The Balaban J connectivity index is 0.000000421. The summed E-state index contributed by atoms with van der Waals surface area (Å²) in [5.41, 5.74) is 1.69. The minimum absolute atomic E-state index is 0. The monoisotopic (exact) mass is 474 g/mol. The van der Waals surface area contributed by atoms with Crippen LogP contribution in [-0.4, -0.2) is 63.8 Å². The smallest absolute Gasteiger partial charge is 0.215 e. The predicted molar refractivity (Wildman–Crippen MR) is 139 cm³/mol. The number of fused-ring (bicyclic) bond motifs is 1. The predicted octanol–water partition coefficient (Wildman–Crippen LogP) is 5.35. The highest BCUT2D eigenvalue weighted by molar-refractivity contribution is 7.99. The summed E-state index contributed by atoms with van der Waals surface area (Å²) in [5.74, 6) is 4.99. The zero-order valence-electron chi connectivity index (χ0n) is 20.3. The molecule has 9 heteroatoms. The number of aromatic amines is 1. The second-order valence-electron chi connectivity index (χ2n) is 7.36. The van der Waals surface area contributed by atoms with Crippen molar-refractivity contribution in [3.8, 4) is 17.3 Å². The zero-order chi connectivity index (χ0) is 22.8. The number of nitrogens with one attached hydrogen (secondary N) is 1. The van der Waals surface area contributed by atoms with Crippen molar-refractivity contribution in [2.24, 2.45) is 0 Å². The molecule has 0 amide bonds. The van der Waals surface area contributed by atoms with E-state index in [0.29, 0.717) is 31.0 Å². The number of thioether (sulfide) groups is 1. The molecular weight excluding hydrogens is 436 g/mol. The summed E-state index contributed by atoms with van der Waals surface area (Å²) in [4.78, 5) is 19.2. The van der Waals surface area contributed by atoms with Crippen LogP contribution < -0.4 is 15.8 Å². The molecule has 0 saturated carbocycles. The molecule has 1 unspecified atom stereocenters. The van der Waals surface area contributed by atoms with Crippen LogP contribution in [0, 0.1) is 0 Å². The number of hydrogen-bond acceptors (Lipinski definition) is 8. The molecule has 4 N–H and O–H groups in total. The van der Waals surface area contributed by atoms with Gasteiger partial charge in [-0.25, -0.2) is 9.97 Å². The van der Waals surface area contributed by atoms with E-state index < -0.39 is 0 Å². The average molecular weight is 475 g/mol. The average Bonchev–Trinajstić information content (AvgIpc) is 3.56. The molecule has 0 radical (unpaired) electrons. The van der Waals surface area contributed by atoms with Gasteiger partial charge in [-0.15, -0.1) is 0 Å². The number of H-pyrrole nitrogens is 1. The van der Waals surface area contributed by atoms with Crippen molar-refractivity contribution < 1.29 is 9.47 Å². The maximum absolute atomic E-state index is 5.60. The zero-order valence-corrected chi connectivity index (χ0v) is 21.2. The molecule has 0 spiro atoms. The normalized spacial score (nSPS) is 17.3. The van der Waals surface area contributed by atoms with Crippen LogP contribution in [0.2, 0.25) is 0 Å². The van der Waals surface area contributed by atoms with Gasteiger partial charge in [-0.3, -0.25) is 0 Å². The Morgan fingerprint density at radius 1 is 1.21 bits per heavy atom. The molecule has 5 heterocycles. The van der Waals surface area contributed by atoms with Crippen LogP contribution in [0.25, 0.3) is 22.4 Å². The molecule has 8 nitrogen and oxygen atoms in total. The Bertz CT molecular complexity index is 955. The first-order chi connectivity index (χ1) is 15.8. The van der Waals surface area contributed by atoms with Crippen LogP contribution in [0.15, 0.2) is 30.6 Å². The summed E-state index contributed by atoms with van der Waals surface area (Å²) >= 11 is 2.07. The Hall–Kier alpha value is -2.36. The first-order valence-corrected chi connectivity index (χ1v) is 12.8. The standard InChI is InChI=1S/C18H21N5O2.C4H8S.C2H6.H3N/c1-3-25-16-10-14(13-4-6-19-17(13)22-16)18-20-7-5-15(21-18)23-8-9-24-11-12(23)2;1-2-4-5-3-1;1-2;/h4-7,10,12H,3,8-9,11H2,1-2H3,(H,19,22);1-4H2;1-2H3;1H3. The molecule has 1 atom stereocenters. The molecule has 33 heavy (non-hydrogen) atoms. The first-order valence-electron chi connectivity index (χ1n) is 11.6. The third-order valence-corrected chi connectivity index (χ3v) is 6.32. The number of anilines is 1. The molecule has 2 aliphatic rings. The van der Waals surface area contributed by atoms with Crippen molar-refractivity contribution in [3.05, 3.63) is 30.6 Å². The van der Waals surface area contributed by atoms with E-state index in [9.17, 15) is 0 Å². The number of aromatic nitrogens is 4. The second kappa shape index (κ2) is 14.0. The maximum Gasteiger partial charge on any atom is 0.215 e. The van der Waals surface area contributed by atoms with Gasteiger partial charge in [0.2, 0.25) is 5.88 Å². The molecule has 3 aromatic rings. The lowest BCUT2D eigenvalue weighted by molar-refractivity contribution is 0.0985. The van der Waals surface area contributed by atoms with Crippen molar-refractivity contribution in [1.82, 2.24) is 26.1 Å². The molecule has 0 aromatic carbocycles. The van der Waals surface area contributed by atoms with Crippen molar-refractivity contribution in [2.45, 2.75) is 46.6 Å². The summed E-state index contributed by atoms with van der Waals surface area (Å²) in [5, 5.41) is 0.982. The highest BCUT2D eigenvalue weighted by Crippen LogP contribution is 2.29. The fourth-order valence-electron chi connectivity index (χ4n) is 3.64. The van der Waals surface area contributed by atoms with Crippen LogP contribution in [0.1, 0.15) is 40.5 Å². The highest BCUT2D eigenvalue weighted by atomic mass is 32.2. The fourth-order valence-corrected chi connectivity index (χ4v) is 4.66. The number of hydrogen-bond donors (Lipinski definition) is 2. The topological polar surface area (TPSA) is 111 Å². The lowest BCUT2D eigenvalue weighted by Gasteiger charge is -2.34. The van der Waals surface area contributed by atoms with E-state index in [4.69, 9.17) is 14.5 Å². The minimum Gasteiger partial charge on any atom is -0.478 e. The Morgan fingerprint density at radius 2 is 2.00 bits per heavy atom. The number of rotatable bonds is 4. The summed E-state index contributed by atoms with van der Waals surface area (Å²) in [6.07, 6.45) is 6.60. The van der Waals surface area contributed by atoms with Crippen LogP contribution in [0.4, 0.5) is 5.82 Å². The van der Waals surface area contributed by atoms with Gasteiger partial charge >= 0.3 is 0 Å². The fraction of sp³-hybridized carbons (Fsp3) is 0.542. The first kappa shape index (κ1) is 26.9. The third-order valence-electron chi connectivity index (χ3n) is 5.17. The van der Waals surface area contributed by atoms with Gasteiger partial charge < -0.3 is 25.5 Å². The second-order valence-corrected chi connectivity index (χ2v) is 8.58. The van der Waals surface area contributed by atoms with Gasteiger partial charge in [-0.1, -0.05) is 13.8 Å². The molecule has 182 valence electrons. The van der Waals surface area contributed by atoms with E-state index in [0.717, 1.165) is 35.6 Å². The molecular formula is C24H38N6O2S. The molecule has 2 fully saturated rings. The van der Waals surface area contributed by atoms with Gasteiger partial charge in [0.05, 0.1) is 25.9 Å². The van der Waals surface area contributed by atoms with Crippen LogP contribution in [0.5, 0.6) is 5.88 Å². The largest absolute Gasteiger partial charge is 0.478 e. The number of morpholine rings is 1. The summed E-state index contributed by atoms with van der Waals surface area (Å²) in [6.45, 7) is 10.9. The third kappa shape index (κ3) is 7.06. The van der Waals surface area contributed by atoms with Gasteiger partial charge in [0, 0.05) is 36.0 Å². The summed E-state index contributed by atoms with van der Waals surface area (Å²) < 4.78 is 11.1. The van der Waals surface area contributed by atoms with Gasteiger partial charge in [0.1, 0.15) is 11.5 Å².